The van der Waals surface area contributed by atoms with Crippen LogP contribution in [0, 0.1) is 13.8 Å². The number of para-hydroxylation sites is 2. The van der Waals surface area contributed by atoms with Crippen molar-refractivity contribution in [3.05, 3.63) is 59.2 Å². The Hall–Kier alpha value is -2.82. The number of anilines is 1. The Bertz CT molecular complexity index is 751. The van der Waals surface area contributed by atoms with Crippen molar-refractivity contribution in [2.75, 3.05) is 26.0 Å². The lowest BCUT2D eigenvalue weighted by Gasteiger charge is -2.19. The van der Waals surface area contributed by atoms with E-state index in [9.17, 15) is 9.59 Å². The minimum absolute atomic E-state index is 0.00174. The van der Waals surface area contributed by atoms with Crippen LogP contribution in [0.1, 0.15) is 16.7 Å². The van der Waals surface area contributed by atoms with E-state index in [0.717, 1.165) is 22.4 Å². The van der Waals surface area contributed by atoms with Crippen LogP contribution in [0.2, 0.25) is 0 Å². The summed E-state index contributed by atoms with van der Waals surface area (Å²) in [5.74, 6) is 0.318. The maximum atomic E-state index is 12.4. The molecule has 0 aliphatic rings. The molecule has 0 heterocycles. The average molecular weight is 340 g/mol. The molecule has 5 heteroatoms. The van der Waals surface area contributed by atoms with E-state index in [4.69, 9.17) is 4.74 Å². The molecule has 1 N–H and O–H groups in total. The molecule has 2 aromatic rings. The number of rotatable bonds is 6. The van der Waals surface area contributed by atoms with Crippen LogP contribution in [-0.2, 0) is 16.0 Å². The number of hydrogen-bond acceptors (Lipinski definition) is 3. The summed E-state index contributed by atoms with van der Waals surface area (Å²) >= 11 is 0. The van der Waals surface area contributed by atoms with Gasteiger partial charge in [0.05, 0.1) is 20.1 Å². The number of nitrogens with zero attached hydrogens (tertiary/aromatic N) is 1. The number of ether oxygens (including phenoxy) is 1. The van der Waals surface area contributed by atoms with Crippen LogP contribution in [0.25, 0.3) is 0 Å². The van der Waals surface area contributed by atoms with Crippen molar-refractivity contribution in [1.29, 1.82) is 0 Å². The SMILES string of the molecule is COc1ccccc1CC(=O)N(C)CC(=O)Nc1c(C)cccc1C. The van der Waals surface area contributed by atoms with Crippen LogP contribution in [0.5, 0.6) is 5.75 Å². The molecule has 132 valence electrons. The second kappa shape index (κ2) is 8.33. The standard InChI is InChI=1S/C20H24N2O3/c1-14-8-7-9-15(2)20(14)21-18(23)13-22(3)19(24)12-16-10-5-6-11-17(16)25-4/h5-11H,12-13H2,1-4H3,(H,21,23). The van der Waals surface area contributed by atoms with Crippen molar-refractivity contribution in [1.82, 2.24) is 4.90 Å². The highest BCUT2D eigenvalue weighted by Crippen LogP contribution is 2.20. The molecule has 5 nitrogen and oxygen atoms in total. The van der Waals surface area contributed by atoms with E-state index < -0.39 is 0 Å². The molecule has 0 aliphatic heterocycles. The van der Waals surface area contributed by atoms with Gasteiger partial charge in [-0.15, -0.1) is 0 Å². The van der Waals surface area contributed by atoms with Crippen LogP contribution < -0.4 is 10.1 Å². The van der Waals surface area contributed by atoms with Gasteiger partial charge in [-0.1, -0.05) is 36.4 Å². The summed E-state index contributed by atoms with van der Waals surface area (Å²) in [6.07, 6.45) is 0.192. The first kappa shape index (κ1) is 18.5. The molecule has 0 aliphatic carbocycles. The summed E-state index contributed by atoms with van der Waals surface area (Å²) in [7, 11) is 3.20. The lowest BCUT2D eigenvalue weighted by Crippen LogP contribution is -2.36. The van der Waals surface area contributed by atoms with Gasteiger partial charge in [-0.3, -0.25) is 9.59 Å². The Balaban J connectivity index is 1.97. The number of amides is 2. The Morgan fingerprint density at radius 1 is 1.04 bits per heavy atom. The Labute approximate surface area is 148 Å². The van der Waals surface area contributed by atoms with Gasteiger partial charge in [0.25, 0.3) is 0 Å². The number of aryl methyl sites for hydroxylation is 2. The molecule has 2 rings (SSSR count). The van der Waals surface area contributed by atoms with E-state index in [1.54, 1.807) is 14.2 Å². The van der Waals surface area contributed by atoms with Crippen molar-refractivity contribution in [3.8, 4) is 5.75 Å². The first-order chi connectivity index (χ1) is 11.9. The van der Waals surface area contributed by atoms with E-state index in [2.05, 4.69) is 5.32 Å². The zero-order chi connectivity index (χ0) is 18.4. The minimum Gasteiger partial charge on any atom is -0.496 e. The molecule has 0 bridgehead atoms. The fraction of sp³-hybridized carbons (Fsp3) is 0.300. The Kier molecular flexibility index (Phi) is 6.17. The number of likely N-dealkylation sites (N-methyl/N-ethyl adjacent to an activating group) is 1. The number of nitrogens with one attached hydrogen (secondary N) is 1. The topological polar surface area (TPSA) is 58.6 Å². The summed E-state index contributed by atoms with van der Waals surface area (Å²) < 4.78 is 5.26. The summed E-state index contributed by atoms with van der Waals surface area (Å²) in [6, 6.07) is 13.2. The van der Waals surface area contributed by atoms with Crippen LogP contribution in [0.4, 0.5) is 5.69 Å². The number of carbonyl (C=O) groups excluding carboxylic acids is 2. The number of methoxy groups -OCH3 is 1. The van der Waals surface area contributed by atoms with E-state index >= 15 is 0 Å². The number of carbonyl (C=O) groups is 2. The summed E-state index contributed by atoms with van der Waals surface area (Å²) in [5, 5.41) is 2.89. The average Bonchev–Trinajstić information content (AvgIpc) is 2.58. The second-order valence-corrected chi connectivity index (χ2v) is 6.05. The second-order valence-electron chi connectivity index (χ2n) is 6.05. The molecule has 0 radical (unpaired) electrons. The van der Waals surface area contributed by atoms with Crippen LogP contribution in [0.15, 0.2) is 42.5 Å². The molecule has 25 heavy (non-hydrogen) atoms. The largest absolute Gasteiger partial charge is 0.496 e. The maximum absolute atomic E-state index is 12.4. The highest BCUT2D eigenvalue weighted by Gasteiger charge is 2.16. The molecule has 2 amide bonds. The van der Waals surface area contributed by atoms with E-state index in [1.165, 1.54) is 4.90 Å². The number of hydrogen-bond donors (Lipinski definition) is 1. The van der Waals surface area contributed by atoms with E-state index in [0.29, 0.717) is 5.75 Å². The maximum Gasteiger partial charge on any atom is 0.243 e. The number of benzene rings is 2. The molecular weight excluding hydrogens is 316 g/mol. The van der Waals surface area contributed by atoms with Gasteiger partial charge in [-0.25, -0.2) is 0 Å². The molecule has 0 spiro atoms. The lowest BCUT2D eigenvalue weighted by molar-refractivity contribution is -0.132. The van der Waals surface area contributed by atoms with Crippen molar-refractivity contribution in [3.63, 3.8) is 0 Å². The van der Waals surface area contributed by atoms with Crippen molar-refractivity contribution >= 4 is 17.5 Å². The molecule has 0 atom stereocenters. The van der Waals surface area contributed by atoms with Gasteiger partial charge in [0.15, 0.2) is 0 Å². The quantitative estimate of drug-likeness (QED) is 0.879. The van der Waals surface area contributed by atoms with Gasteiger partial charge >= 0.3 is 0 Å². The van der Waals surface area contributed by atoms with Crippen LogP contribution in [0.3, 0.4) is 0 Å². The van der Waals surface area contributed by atoms with Gasteiger partial charge in [0, 0.05) is 18.3 Å². The van der Waals surface area contributed by atoms with Gasteiger partial charge in [-0.2, -0.15) is 0 Å². The highest BCUT2D eigenvalue weighted by molar-refractivity contribution is 5.96. The summed E-state index contributed by atoms with van der Waals surface area (Å²) in [4.78, 5) is 26.1. The molecule has 0 fully saturated rings. The van der Waals surface area contributed by atoms with Gasteiger partial charge in [-0.05, 0) is 31.0 Å². The van der Waals surface area contributed by atoms with Crippen LogP contribution in [-0.4, -0.2) is 37.4 Å². The third-order valence-electron chi connectivity index (χ3n) is 4.09. The van der Waals surface area contributed by atoms with Crippen LogP contribution >= 0.6 is 0 Å². The normalized spacial score (nSPS) is 10.2. The molecule has 2 aromatic carbocycles. The summed E-state index contributed by atoms with van der Waals surface area (Å²) in [6.45, 7) is 3.89. The third kappa shape index (κ3) is 4.83. The highest BCUT2D eigenvalue weighted by atomic mass is 16.5. The Morgan fingerprint density at radius 2 is 1.68 bits per heavy atom. The van der Waals surface area contributed by atoms with Gasteiger partial charge < -0.3 is 15.0 Å². The first-order valence-corrected chi connectivity index (χ1v) is 8.14. The predicted molar refractivity (Wildman–Crippen MR) is 98.9 cm³/mol. The third-order valence-corrected chi connectivity index (χ3v) is 4.09. The summed E-state index contributed by atoms with van der Waals surface area (Å²) in [5.41, 5.74) is 3.60. The molecule has 0 aromatic heterocycles. The first-order valence-electron chi connectivity index (χ1n) is 8.14. The molecule has 0 saturated heterocycles. The fourth-order valence-electron chi connectivity index (χ4n) is 2.64. The van der Waals surface area contributed by atoms with Crippen molar-refractivity contribution in [2.24, 2.45) is 0 Å². The smallest absolute Gasteiger partial charge is 0.243 e. The van der Waals surface area contributed by atoms with Crippen molar-refractivity contribution < 1.29 is 14.3 Å². The monoisotopic (exact) mass is 340 g/mol. The van der Waals surface area contributed by atoms with Crippen molar-refractivity contribution in [2.45, 2.75) is 20.3 Å². The minimum atomic E-state index is -0.215. The van der Waals surface area contributed by atoms with Gasteiger partial charge in [0.2, 0.25) is 11.8 Å². The van der Waals surface area contributed by atoms with E-state index in [-0.39, 0.29) is 24.8 Å². The zero-order valence-corrected chi connectivity index (χ0v) is 15.1. The molecule has 0 unspecified atom stereocenters. The van der Waals surface area contributed by atoms with E-state index in [1.807, 2.05) is 56.3 Å². The predicted octanol–water partition coefficient (Wildman–Crippen LogP) is 2.95. The van der Waals surface area contributed by atoms with Gasteiger partial charge in [0.1, 0.15) is 5.75 Å². The fourth-order valence-corrected chi connectivity index (χ4v) is 2.64. The Morgan fingerprint density at radius 3 is 2.32 bits per heavy atom. The zero-order valence-electron chi connectivity index (χ0n) is 15.1. The molecular formula is C20H24N2O3. The lowest BCUT2D eigenvalue weighted by atomic mass is 10.1. The molecule has 0 saturated carbocycles.